The largest absolute Gasteiger partial charge is 0.464 e. The molecule has 0 aliphatic carbocycles. The first-order valence-corrected chi connectivity index (χ1v) is 6.24. The van der Waals surface area contributed by atoms with E-state index in [1.54, 1.807) is 0 Å². The Morgan fingerprint density at radius 2 is 2.22 bits per heavy atom. The van der Waals surface area contributed by atoms with E-state index in [4.69, 9.17) is 4.42 Å². The van der Waals surface area contributed by atoms with Gasteiger partial charge in [0.15, 0.2) is 11.6 Å². The van der Waals surface area contributed by atoms with Crippen molar-refractivity contribution in [1.29, 1.82) is 0 Å². The van der Waals surface area contributed by atoms with Crippen molar-refractivity contribution in [3.63, 3.8) is 0 Å². The SMILES string of the molecule is CC1CNCCC1c1cc(F)c(F)c2ccoc12. The van der Waals surface area contributed by atoms with Crippen molar-refractivity contribution >= 4 is 11.0 Å². The summed E-state index contributed by atoms with van der Waals surface area (Å²) < 4.78 is 32.6. The summed E-state index contributed by atoms with van der Waals surface area (Å²) in [7, 11) is 0. The average Bonchev–Trinajstić information content (AvgIpc) is 2.84. The molecule has 0 radical (unpaired) electrons. The van der Waals surface area contributed by atoms with Gasteiger partial charge in [-0.2, -0.15) is 0 Å². The van der Waals surface area contributed by atoms with Gasteiger partial charge in [-0.05, 0) is 43.5 Å². The zero-order valence-electron chi connectivity index (χ0n) is 10.2. The van der Waals surface area contributed by atoms with Crippen LogP contribution in [0.1, 0.15) is 24.8 Å². The van der Waals surface area contributed by atoms with Crippen LogP contribution in [-0.4, -0.2) is 13.1 Å². The first-order chi connectivity index (χ1) is 8.68. The molecule has 2 aromatic rings. The van der Waals surface area contributed by atoms with Crippen LogP contribution in [-0.2, 0) is 0 Å². The molecule has 1 aliphatic heterocycles. The van der Waals surface area contributed by atoms with Gasteiger partial charge in [0, 0.05) is 5.56 Å². The molecule has 1 aliphatic rings. The van der Waals surface area contributed by atoms with E-state index in [9.17, 15) is 8.78 Å². The fourth-order valence-electron chi connectivity index (χ4n) is 2.85. The monoisotopic (exact) mass is 251 g/mol. The molecule has 1 aromatic heterocycles. The van der Waals surface area contributed by atoms with Crippen LogP contribution in [0.4, 0.5) is 8.78 Å². The number of furan rings is 1. The zero-order chi connectivity index (χ0) is 12.7. The van der Waals surface area contributed by atoms with Crippen molar-refractivity contribution < 1.29 is 13.2 Å². The third-order valence-corrected chi connectivity index (χ3v) is 3.84. The van der Waals surface area contributed by atoms with Crippen LogP contribution in [0.15, 0.2) is 22.8 Å². The normalized spacial score (nSPS) is 24.6. The lowest BCUT2D eigenvalue weighted by Gasteiger charge is -2.29. The lowest BCUT2D eigenvalue weighted by Crippen LogP contribution is -2.33. The third-order valence-electron chi connectivity index (χ3n) is 3.84. The Morgan fingerprint density at radius 1 is 1.39 bits per heavy atom. The maximum atomic E-state index is 13.6. The van der Waals surface area contributed by atoms with E-state index in [1.165, 1.54) is 18.4 Å². The minimum absolute atomic E-state index is 0.218. The molecule has 0 saturated carbocycles. The highest BCUT2D eigenvalue weighted by Crippen LogP contribution is 2.36. The molecule has 2 heterocycles. The minimum atomic E-state index is -0.816. The lowest BCUT2D eigenvalue weighted by atomic mass is 9.81. The fourth-order valence-corrected chi connectivity index (χ4v) is 2.85. The molecular weight excluding hydrogens is 236 g/mol. The number of halogens is 2. The Morgan fingerprint density at radius 3 is 3.00 bits per heavy atom. The molecule has 4 heteroatoms. The van der Waals surface area contributed by atoms with Gasteiger partial charge in [-0.3, -0.25) is 0 Å². The van der Waals surface area contributed by atoms with Crippen LogP contribution in [0, 0.1) is 17.6 Å². The van der Waals surface area contributed by atoms with E-state index < -0.39 is 11.6 Å². The summed E-state index contributed by atoms with van der Waals surface area (Å²) in [6.45, 7) is 3.91. The Bertz CT molecular complexity index is 578. The second-order valence-electron chi connectivity index (χ2n) is 5.00. The van der Waals surface area contributed by atoms with Gasteiger partial charge >= 0.3 is 0 Å². The average molecular weight is 251 g/mol. The second kappa shape index (κ2) is 4.35. The fraction of sp³-hybridized carbons (Fsp3) is 0.429. The van der Waals surface area contributed by atoms with Gasteiger partial charge in [0.2, 0.25) is 0 Å². The highest BCUT2D eigenvalue weighted by Gasteiger charge is 2.27. The van der Waals surface area contributed by atoms with E-state index in [0.717, 1.165) is 25.1 Å². The van der Waals surface area contributed by atoms with Crippen molar-refractivity contribution in [1.82, 2.24) is 5.32 Å². The smallest absolute Gasteiger partial charge is 0.169 e. The van der Waals surface area contributed by atoms with Crippen molar-refractivity contribution in [2.24, 2.45) is 5.92 Å². The summed E-state index contributed by atoms with van der Waals surface area (Å²) in [6, 6.07) is 2.79. The Balaban J connectivity index is 2.16. The maximum Gasteiger partial charge on any atom is 0.169 e. The number of rotatable bonds is 1. The quantitative estimate of drug-likeness (QED) is 0.840. The van der Waals surface area contributed by atoms with E-state index in [0.29, 0.717) is 11.5 Å². The summed E-state index contributed by atoms with van der Waals surface area (Å²) in [5.74, 6) is -0.999. The van der Waals surface area contributed by atoms with Crippen molar-refractivity contribution in [3.8, 4) is 0 Å². The number of benzene rings is 1. The molecule has 1 N–H and O–H groups in total. The zero-order valence-corrected chi connectivity index (χ0v) is 10.2. The number of fused-ring (bicyclic) bond motifs is 1. The van der Waals surface area contributed by atoms with Crippen LogP contribution in [0.2, 0.25) is 0 Å². The standard InChI is InChI=1S/C14H15F2NO/c1-8-7-17-4-2-9(8)11-6-12(15)13(16)10-3-5-18-14(10)11/h3,5-6,8-9,17H,2,4,7H2,1H3. The van der Waals surface area contributed by atoms with E-state index in [1.807, 2.05) is 0 Å². The summed E-state index contributed by atoms with van der Waals surface area (Å²) in [5.41, 5.74) is 1.29. The van der Waals surface area contributed by atoms with Gasteiger partial charge < -0.3 is 9.73 Å². The predicted molar refractivity (Wildman–Crippen MR) is 65.5 cm³/mol. The molecule has 1 saturated heterocycles. The molecule has 1 fully saturated rings. The molecule has 2 atom stereocenters. The van der Waals surface area contributed by atoms with Crippen molar-refractivity contribution in [2.45, 2.75) is 19.3 Å². The summed E-state index contributed by atoms with van der Waals surface area (Å²) in [5, 5.41) is 3.55. The van der Waals surface area contributed by atoms with Crippen molar-refractivity contribution in [2.75, 3.05) is 13.1 Å². The van der Waals surface area contributed by atoms with Crippen LogP contribution in [0.5, 0.6) is 0 Å². The van der Waals surface area contributed by atoms with Gasteiger partial charge in [-0.15, -0.1) is 0 Å². The number of hydrogen-bond acceptors (Lipinski definition) is 2. The lowest BCUT2D eigenvalue weighted by molar-refractivity contribution is 0.347. The number of piperidine rings is 1. The van der Waals surface area contributed by atoms with E-state index in [-0.39, 0.29) is 11.3 Å². The highest BCUT2D eigenvalue weighted by molar-refractivity contribution is 5.81. The summed E-state index contributed by atoms with van der Waals surface area (Å²) >= 11 is 0. The first-order valence-electron chi connectivity index (χ1n) is 6.24. The number of hydrogen-bond donors (Lipinski definition) is 1. The van der Waals surface area contributed by atoms with Gasteiger partial charge in [-0.1, -0.05) is 6.92 Å². The van der Waals surface area contributed by atoms with Crippen LogP contribution in [0.3, 0.4) is 0 Å². The first kappa shape index (κ1) is 11.7. The summed E-state index contributed by atoms with van der Waals surface area (Å²) in [4.78, 5) is 0. The van der Waals surface area contributed by atoms with Gasteiger partial charge in [0.05, 0.1) is 11.6 Å². The number of nitrogens with one attached hydrogen (secondary N) is 1. The molecule has 0 spiro atoms. The van der Waals surface area contributed by atoms with Gasteiger partial charge in [0.1, 0.15) is 5.58 Å². The van der Waals surface area contributed by atoms with Crippen LogP contribution in [0.25, 0.3) is 11.0 Å². The molecule has 96 valence electrons. The molecule has 18 heavy (non-hydrogen) atoms. The van der Waals surface area contributed by atoms with Crippen LogP contribution >= 0.6 is 0 Å². The molecule has 3 rings (SSSR count). The Kier molecular flexibility index (Phi) is 2.82. The van der Waals surface area contributed by atoms with Crippen LogP contribution < -0.4 is 5.32 Å². The predicted octanol–water partition coefficient (Wildman–Crippen LogP) is 3.42. The van der Waals surface area contributed by atoms with E-state index in [2.05, 4.69) is 12.2 Å². The Hall–Kier alpha value is -1.42. The minimum Gasteiger partial charge on any atom is -0.464 e. The molecule has 1 aromatic carbocycles. The molecule has 2 nitrogen and oxygen atoms in total. The van der Waals surface area contributed by atoms with Gasteiger partial charge in [0.25, 0.3) is 0 Å². The summed E-state index contributed by atoms with van der Waals surface area (Å²) in [6.07, 6.45) is 2.34. The van der Waals surface area contributed by atoms with Gasteiger partial charge in [-0.25, -0.2) is 8.78 Å². The molecule has 0 bridgehead atoms. The maximum absolute atomic E-state index is 13.6. The molecule has 0 amide bonds. The highest BCUT2D eigenvalue weighted by atomic mass is 19.2. The van der Waals surface area contributed by atoms with Crippen molar-refractivity contribution in [3.05, 3.63) is 35.6 Å². The topological polar surface area (TPSA) is 25.2 Å². The van der Waals surface area contributed by atoms with E-state index >= 15 is 0 Å². The Labute approximate surface area is 104 Å². The molecular formula is C14H15F2NO. The molecule has 2 unspecified atom stereocenters. The third kappa shape index (κ3) is 1.72. The second-order valence-corrected chi connectivity index (χ2v) is 5.00.